The average molecular weight is 320 g/mol. The minimum absolute atomic E-state index is 0.124. The Morgan fingerprint density at radius 3 is 2.78 bits per heavy atom. The zero-order valence-corrected chi connectivity index (χ0v) is 13.5. The molecule has 2 aliphatic heterocycles. The van der Waals surface area contributed by atoms with Gasteiger partial charge < -0.3 is 10.2 Å². The van der Waals surface area contributed by atoms with Gasteiger partial charge in [0.15, 0.2) is 0 Å². The smallest absolute Gasteiger partial charge is 0.229 e. The summed E-state index contributed by atoms with van der Waals surface area (Å²) in [5.74, 6) is 0.247. The Hall–Kier alpha value is -1.50. The molecule has 1 amide bonds. The van der Waals surface area contributed by atoms with Crippen LogP contribution in [0.3, 0.4) is 0 Å². The molecule has 2 heterocycles. The molecule has 1 aromatic carbocycles. The standard InChI is InChI=1S/C17H25FN4O/c1-19-10-12-6-8-22(9-7-12)17(23)14-11-20-21-16(14)13-4-2-3-5-15(13)18/h2-5,12,14,16,19-21H,6-11H2,1H3. The van der Waals surface area contributed by atoms with Gasteiger partial charge in [-0.1, -0.05) is 18.2 Å². The maximum Gasteiger partial charge on any atom is 0.229 e. The molecule has 2 unspecified atom stereocenters. The van der Waals surface area contributed by atoms with Crippen LogP contribution in [0.5, 0.6) is 0 Å². The lowest BCUT2D eigenvalue weighted by atomic mass is 9.91. The quantitative estimate of drug-likeness (QED) is 0.776. The van der Waals surface area contributed by atoms with Gasteiger partial charge in [0.2, 0.25) is 5.91 Å². The molecule has 5 nitrogen and oxygen atoms in total. The van der Waals surface area contributed by atoms with E-state index >= 15 is 0 Å². The van der Waals surface area contributed by atoms with Crippen LogP contribution in [0.25, 0.3) is 0 Å². The summed E-state index contributed by atoms with van der Waals surface area (Å²) >= 11 is 0. The SMILES string of the molecule is CNCC1CCN(C(=O)C2CNNC2c2ccccc2F)CC1. The molecule has 0 spiro atoms. The summed E-state index contributed by atoms with van der Waals surface area (Å²) in [5.41, 5.74) is 6.64. The van der Waals surface area contributed by atoms with E-state index in [2.05, 4.69) is 16.2 Å². The maximum atomic E-state index is 14.1. The highest BCUT2D eigenvalue weighted by Gasteiger charge is 2.38. The lowest BCUT2D eigenvalue weighted by Gasteiger charge is -2.34. The Morgan fingerprint density at radius 2 is 2.09 bits per heavy atom. The topological polar surface area (TPSA) is 56.4 Å². The van der Waals surface area contributed by atoms with Crippen molar-refractivity contribution in [2.75, 3.05) is 33.2 Å². The van der Waals surface area contributed by atoms with Crippen LogP contribution in [0.15, 0.2) is 24.3 Å². The summed E-state index contributed by atoms with van der Waals surface area (Å²) in [7, 11) is 1.96. The third kappa shape index (κ3) is 3.54. The second-order valence-corrected chi connectivity index (χ2v) is 6.46. The van der Waals surface area contributed by atoms with Crippen molar-refractivity contribution in [3.63, 3.8) is 0 Å². The van der Waals surface area contributed by atoms with Gasteiger partial charge >= 0.3 is 0 Å². The number of hydrazine groups is 1. The number of rotatable bonds is 4. The first kappa shape index (κ1) is 16.4. The Bertz CT molecular complexity index is 545. The first-order valence-electron chi connectivity index (χ1n) is 8.37. The van der Waals surface area contributed by atoms with Crippen LogP contribution in [0.2, 0.25) is 0 Å². The van der Waals surface area contributed by atoms with E-state index in [9.17, 15) is 9.18 Å². The molecule has 2 atom stereocenters. The van der Waals surface area contributed by atoms with Crippen molar-refractivity contribution in [3.05, 3.63) is 35.6 Å². The van der Waals surface area contributed by atoms with Crippen molar-refractivity contribution in [1.29, 1.82) is 0 Å². The van der Waals surface area contributed by atoms with Gasteiger partial charge in [-0.3, -0.25) is 10.2 Å². The molecule has 23 heavy (non-hydrogen) atoms. The number of carbonyl (C=O) groups excluding carboxylic acids is 1. The van der Waals surface area contributed by atoms with Crippen LogP contribution < -0.4 is 16.2 Å². The van der Waals surface area contributed by atoms with Gasteiger partial charge in [-0.2, -0.15) is 0 Å². The molecule has 0 aromatic heterocycles. The largest absolute Gasteiger partial charge is 0.342 e. The fourth-order valence-electron chi connectivity index (χ4n) is 3.63. The summed E-state index contributed by atoms with van der Waals surface area (Å²) in [6.45, 7) is 3.14. The normalized spacial score (nSPS) is 25.7. The Labute approximate surface area is 136 Å². The number of likely N-dealkylation sites (tertiary alicyclic amines) is 1. The van der Waals surface area contributed by atoms with Gasteiger partial charge in [-0.25, -0.2) is 9.82 Å². The minimum Gasteiger partial charge on any atom is -0.342 e. The number of benzene rings is 1. The predicted octanol–water partition coefficient (Wildman–Crippen LogP) is 1.05. The number of carbonyl (C=O) groups is 1. The van der Waals surface area contributed by atoms with E-state index in [1.807, 2.05) is 18.0 Å². The lowest BCUT2D eigenvalue weighted by Crippen LogP contribution is -2.44. The van der Waals surface area contributed by atoms with E-state index in [4.69, 9.17) is 0 Å². The van der Waals surface area contributed by atoms with Crippen LogP contribution in [0, 0.1) is 17.7 Å². The number of nitrogens with one attached hydrogen (secondary N) is 3. The van der Waals surface area contributed by atoms with Crippen LogP contribution in [-0.4, -0.2) is 44.0 Å². The lowest BCUT2D eigenvalue weighted by molar-refractivity contribution is -0.136. The molecule has 2 fully saturated rings. The first-order valence-corrected chi connectivity index (χ1v) is 8.37. The van der Waals surface area contributed by atoms with Crippen LogP contribution in [-0.2, 0) is 4.79 Å². The summed E-state index contributed by atoms with van der Waals surface area (Å²) in [4.78, 5) is 14.8. The summed E-state index contributed by atoms with van der Waals surface area (Å²) < 4.78 is 14.1. The molecule has 3 N–H and O–H groups in total. The molecule has 1 aromatic rings. The maximum absolute atomic E-state index is 14.1. The molecule has 6 heteroatoms. The van der Waals surface area contributed by atoms with Crippen LogP contribution in [0.1, 0.15) is 24.4 Å². The molecular formula is C17H25FN4O. The van der Waals surface area contributed by atoms with Crippen LogP contribution >= 0.6 is 0 Å². The molecule has 0 saturated carbocycles. The highest BCUT2D eigenvalue weighted by molar-refractivity contribution is 5.80. The Morgan fingerprint density at radius 1 is 1.35 bits per heavy atom. The Balaban J connectivity index is 1.66. The number of nitrogens with zero attached hydrogens (tertiary/aromatic N) is 1. The zero-order valence-electron chi connectivity index (χ0n) is 13.5. The van der Waals surface area contributed by atoms with E-state index in [0.717, 1.165) is 32.5 Å². The fourth-order valence-corrected chi connectivity index (χ4v) is 3.63. The molecule has 0 aliphatic carbocycles. The van der Waals surface area contributed by atoms with E-state index in [1.165, 1.54) is 6.07 Å². The molecule has 2 saturated heterocycles. The van der Waals surface area contributed by atoms with Gasteiger partial charge in [0.05, 0.1) is 12.0 Å². The molecule has 126 valence electrons. The third-order valence-corrected chi connectivity index (χ3v) is 4.96. The van der Waals surface area contributed by atoms with Crippen molar-refractivity contribution in [2.45, 2.75) is 18.9 Å². The Kier molecular flexibility index (Phi) is 5.25. The third-order valence-electron chi connectivity index (χ3n) is 4.96. The van der Waals surface area contributed by atoms with Gasteiger partial charge in [0, 0.05) is 25.2 Å². The summed E-state index contributed by atoms with van der Waals surface area (Å²) in [6.07, 6.45) is 2.06. The molecule has 3 rings (SSSR count). The highest BCUT2D eigenvalue weighted by atomic mass is 19.1. The predicted molar refractivity (Wildman–Crippen MR) is 87.0 cm³/mol. The molecule has 0 radical (unpaired) electrons. The number of hydrogen-bond donors (Lipinski definition) is 3. The van der Waals surface area contributed by atoms with Gasteiger partial charge in [-0.15, -0.1) is 0 Å². The number of hydrogen-bond acceptors (Lipinski definition) is 4. The zero-order chi connectivity index (χ0) is 16.2. The van der Waals surface area contributed by atoms with Gasteiger partial charge in [0.25, 0.3) is 0 Å². The van der Waals surface area contributed by atoms with Crippen molar-refractivity contribution < 1.29 is 9.18 Å². The fraction of sp³-hybridized carbons (Fsp3) is 0.588. The average Bonchev–Trinajstić information content (AvgIpc) is 3.05. The molecule has 2 aliphatic rings. The van der Waals surface area contributed by atoms with Crippen molar-refractivity contribution in [3.8, 4) is 0 Å². The van der Waals surface area contributed by atoms with E-state index in [1.54, 1.807) is 12.1 Å². The first-order chi connectivity index (χ1) is 11.2. The van der Waals surface area contributed by atoms with Gasteiger partial charge in [0.1, 0.15) is 5.82 Å². The van der Waals surface area contributed by atoms with Crippen LogP contribution in [0.4, 0.5) is 4.39 Å². The highest BCUT2D eigenvalue weighted by Crippen LogP contribution is 2.29. The van der Waals surface area contributed by atoms with Crippen molar-refractivity contribution >= 4 is 5.91 Å². The second-order valence-electron chi connectivity index (χ2n) is 6.46. The van der Waals surface area contributed by atoms with E-state index < -0.39 is 0 Å². The van der Waals surface area contributed by atoms with E-state index in [0.29, 0.717) is 18.0 Å². The number of amides is 1. The number of piperidine rings is 1. The molecular weight excluding hydrogens is 295 g/mol. The molecule has 0 bridgehead atoms. The van der Waals surface area contributed by atoms with Crippen molar-refractivity contribution in [1.82, 2.24) is 21.1 Å². The summed E-state index contributed by atoms with van der Waals surface area (Å²) in [5, 5.41) is 3.21. The second kappa shape index (κ2) is 7.38. The van der Waals surface area contributed by atoms with Crippen molar-refractivity contribution in [2.24, 2.45) is 11.8 Å². The summed E-state index contributed by atoms with van der Waals surface area (Å²) in [6, 6.07) is 6.37. The number of halogens is 1. The monoisotopic (exact) mass is 320 g/mol. The van der Waals surface area contributed by atoms with E-state index in [-0.39, 0.29) is 23.7 Å². The van der Waals surface area contributed by atoms with Gasteiger partial charge in [-0.05, 0) is 38.4 Å². The minimum atomic E-state index is -0.307.